The Bertz CT molecular complexity index is 739. The molecule has 0 saturated heterocycles. The van der Waals surface area contributed by atoms with Crippen LogP contribution in [-0.4, -0.2) is 43.1 Å². The maximum atomic E-state index is 13.0. The molecule has 1 aromatic rings. The van der Waals surface area contributed by atoms with Gasteiger partial charge in [0.1, 0.15) is 0 Å². The van der Waals surface area contributed by atoms with E-state index >= 15 is 0 Å². The number of carbonyl (C=O) groups excluding carboxylic acids is 2. The van der Waals surface area contributed by atoms with Crippen molar-refractivity contribution < 1.29 is 19.1 Å². The summed E-state index contributed by atoms with van der Waals surface area (Å²) in [5, 5.41) is 5.56. The number of rotatable bonds is 7. The van der Waals surface area contributed by atoms with Crippen molar-refractivity contribution in [2.24, 2.45) is 0 Å². The second kappa shape index (κ2) is 8.79. The van der Waals surface area contributed by atoms with E-state index in [2.05, 4.69) is 10.6 Å². The quantitative estimate of drug-likeness (QED) is 0.768. The molecule has 0 unspecified atom stereocenters. The first-order valence-corrected chi connectivity index (χ1v) is 9.24. The Morgan fingerprint density at radius 3 is 2.44 bits per heavy atom. The molecule has 148 valence electrons. The third kappa shape index (κ3) is 4.53. The maximum Gasteiger partial charge on any atom is 0.319 e. The first-order chi connectivity index (χ1) is 12.8. The molecule has 3 amide bonds. The van der Waals surface area contributed by atoms with Gasteiger partial charge in [-0.25, -0.2) is 4.79 Å². The zero-order valence-corrected chi connectivity index (χ0v) is 16.9. The number of ether oxygens (including phenoxy) is 2. The highest BCUT2D eigenvalue weighted by atomic mass is 16.5. The second-order valence-corrected chi connectivity index (χ2v) is 6.62. The molecule has 1 atom stereocenters. The smallest absolute Gasteiger partial charge is 0.319 e. The molecule has 7 heteroatoms. The lowest BCUT2D eigenvalue weighted by Crippen LogP contribution is -2.47. The van der Waals surface area contributed by atoms with E-state index in [1.54, 1.807) is 31.1 Å². The average Bonchev–Trinajstić information content (AvgIpc) is 2.61. The Balaban J connectivity index is 2.48. The molecule has 0 fully saturated rings. The standard InChI is InChI=1S/C20H29N3O4/c1-7-23(8-2)19(24)17-13(5)21-20(25)22-18(17)14-9-10-15(27-12(3)4)16(11-14)26-6/h9-12,18H,7-8H2,1-6H3,(H2,21,22,25)/t18-/m0/s1. The van der Waals surface area contributed by atoms with Crippen molar-refractivity contribution in [3.05, 3.63) is 35.0 Å². The third-order valence-electron chi connectivity index (χ3n) is 4.43. The molecule has 0 aliphatic carbocycles. The van der Waals surface area contributed by atoms with E-state index in [0.29, 0.717) is 35.9 Å². The summed E-state index contributed by atoms with van der Waals surface area (Å²) >= 11 is 0. The normalized spacial score (nSPS) is 16.7. The Morgan fingerprint density at radius 1 is 1.22 bits per heavy atom. The van der Waals surface area contributed by atoms with Crippen LogP contribution in [-0.2, 0) is 4.79 Å². The van der Waals surface area contributed by atoms with Crippen LogP contribution in [0.25, 0.3) is 0 Å². The number of nitrogens with one attached hydrogen (secondary N) is 2. The van der Waals surface area contributed by atoms with Crippen LogP contribution in [0.2, 0.25) is 0 Å². The number of urea groups is 1. The van der Waals surface area contributed by atoms with Crippen LogP contribution in [0, 0.1) is 0 Å². The summed E-state index contributed by atoms with van der Waals surface area (Å²) in [6.45, 7) is 10.7. The number of likely N-dealkylation sites (N-methyl/N-ethyl adjacent to an activating group) is 1. The van der Waals surface area contributed by atoms with Crippen LogP contribution in [0.15, 0.2) is 29.5 Å². The fourth-order valence-electron chi connectivity index (χ4n) is 3.12. The van der Waals surface area contributed by atoms with E-state index < -0.39 is 6.04 Å². The Kier molecular flexibility index (Phi) is 6.71. The highest BCUT2D eigenvalue weighted by molar-refractivity contribution is 5.98. The number of allylic oxidation sites excluding steroid dienone is 1. The van der Waals surface area contributed by atoms with Crippen LogP contribution in [0.1, 0.15) is 46.2 Å². The van der Waals surface area contributed by atoms with Gasteiger partial charge in [0.2, 0.25) is 0 Å². The van der Waals surface area contributed by atoms with E-state index in [1.807, 2.05) is 33.8 Å². The van der Waals surface area contributed by atoms with Gasteiger partial charge in [0.25, 0.3) is 5.91 Å². The molecule has 2 N–H and O–H groups in total. The molecule has 0 radical (unpaired) electrons. The monoisotopic (exact) mass is 375 g/mol. The van der Waals surface area contributed by atoms with Gasteiger partial charge in [-0.05, 0) is 52.3 Å². The minimum atomic E-state index is -0.561. The van der Waals surface area contributed by atoms with Gasteiger partial charge in [0.05, 0.1) is 24.8 Å². The molecular weight excluding hydrogens is 346 g/mol. The molecule has 27 heavy (non-hydrogen) atoms. The van der Waals surface area contributed by atoms with Gasteiger partial charge in [-0.15, -0.1) is 0 Å². The van der Waals surface area contributed by atoms with Crippen molar-refractivity contribution >= 4 is 11.9 Å². The largest absolute Gasteiger partial charge is 0.493 e. The number of amides is 3. The van der Waals surface area contributed by atoms with Crippen molar-refractivity contribution in [3.63, 3.8) is 0 Å². The molecule has 1 heterocycles. The number of hydrogen-bond donors (Lipinski definition) is 2. The van der Waals surface area contributed by atoms with Crippen molar-refractivity contribution in [1.29, 1.82) is 0 Å². The van der Waals surface area contributed by atoms with E-state index in [-0.39, 0.29) is 18.0 Å². The summed E-state index contributed by atoms with van der Waals surface area (Å²) in [4.78, 5) is 26.8. The van der Waals surface area contributed by atoms with Gasteiger partial charge in [0, 0.05) is 18.8 Å². The lowest BCUT2D eigenvalue weighted by molar-refractivity contribution is -0.127. The van der Waals surface area contributed by atoms with Gasteiger partial charge in [0.15, 0.2) is 11.5 Å². The maximum absolute atomic E-state index is 13.0. The van der Waals surface area contributed by atoms with Gasteiger partial charge in [-0.3, -0.25) is 4.79 Å². The Morgan fingerprint density at radius 2 is 1.89 bits per heavy atom. The number of methoxy groups -OCH3 is 1. The molecule has 0 saturated carbocycles. The lowest BCUT2D eigenvalue weighted by Gasteiger charge is -2.32. The molecule has 2 rings (SSSR count). The first kappa shape index (κ1) is 20.6. The average molecular weight is 375 g/mol. The molecule has 0 spiro atoms. The SMILES string of the molecule is CCN(CC)C(=O)C1=C(C)NC(=O)N[C@H]1c1ccc(OC(C)C)c(OC)c1. The third-order valence-corrected chi connectivity index (χ3v) is 4.43. The Hall–Kier alpha value is -2.70. The van der Waals surface area contributed by atoms with Crippen LogP contribution < -0.4 is 20.1 Å². The van der Waals surface area contributed by atoms with E-state index in [9.17, 15) is 9.59 Å². The molecule has 0 bridgehead atoms. The van der Waals surface area contributed by atoms with Crippen LogP contribution in [0.4, 0.5) is 4.79 Å². The van der Waals surface area contributed by atoms with Gasteiger partial charge in [-0.1, -0.05) is 6.07 Å². The summed E-state index contributed by atoms with van der Waals surface area (Å²) in [5.41, 5.74) is 1.84. The topological polar surface area (TPSA) is 79.9 Å². The predicted octanol–water partition coefficient (Wildman–Crippen LogP) is 2.98. The zero-order chi connectivity index (χ0) is 20.1. The molecular formula is C20H29N3O4. The van der Waals surface area contributed by atoms with Crippen LogP contribution >= 0.6 is 0 Å². The van der Waals surface area contributed by atoms with Crippen molar-refractivity contribution in [2.45, 2.75) is 46.8 Å². The van der Waals surface area contributed by atoms with E-state index in [0.717, 1.165) is 5.56 Å². The fraction of sp³-hybridized carbons (Fsp3) is 0.500. The van der Waals surface area contributed by atoms with Crippen LogP contribution in [0.5, 0.6) is 11.5 Å². The number of benzene rings is 1. The highest BCUT2D eigenvalue weighted by Crippen LogP contribution is 2.35. The van der Waals surface area contributed by atoms with Crippen LogP contribution in [0.3, 0.4) is 0 Å². The minimum absolute atomic E-state index is 0.00489. The van der Waals surface area contributed by atoms with E-state index in [4.69, 9.17) is 9.47 Å². The van der Waals surface area contributed by atoms with Crippen molar-refractivity contribution in [2.75, 3.05) is 20.2 Å². The van der Waals surface area contributed by atoms with Crippen molar-refractivity contribution in [1.82, 2.24) is 15.5 Å². The summed E-state index contributed by atoms with van der Waals surface area (Å²) in [7, 11) is 1.57. The number of nitrogens with zero attached hydrogens (tertiary/aromatic N) is 1. The van der Waals surface area contributed by atoms with Gasteiger partial charge >= 0.3 is 6.03 Å². The molecule has 7 nitrogen and oxygen atoms in total. The lowest BCUT2D eigenvalue weighted by atomic mass is 9.94. The van der Waals surface area contributed by atoms with Gasteiger partial charge < -0.3 is 25.0 Å². The van der Waals surface area contributed by atoms with E-state index in [1.165, 1.54) is 0 Å². The summed E-state index contributed by atoms with van der Waals surface area (Å²) in [5.74, 6) is 1.08. The molecule has 0 aromatic heterocycles. The molecule has 1 aliphatic rings. The van der Waals surface area contributed by atoms with Gasteiger partial charge in [-0.2, -0.15) is 0 Å². The summed E-state index contributed by atoms with van der Waals surface area (Å²) in [6, 6.07) is 4.55. The van der Waals surface area contributed by atoms with Crippen molar-refractivity contribution in [3.8, 4) is 11.5 Å². The summed E-state index contributed by atoms with van der Waals surface area (Å²) in [6.07, 6.45) is 0.00489. The first-order valence-electron chi connectivity index (χ1n) is 9.24. The second-order valence-electron chi connectivity index (χ2n) is 6.62. The summed E-state index contributed by atoms with van der Waals surface area (Å²) < 4.78 is 11.2. The highest BCUT2D eigenvalue weighted by Gasteiger charge is 2.33. The minimum Gasteiger partial charge on any atom is -0.493 e. The zero-order valence-electron chi connectivity index (χ0n) is 16.9. The number of hydrogen-bond acceptors (Lipinski definition) is 4. The molecule has 1 aliphatic heterocycles. The number of carbonyl (C=O) groups is 2. The molecule has 1 aromatic carbocycles. The predicted molar refractivity (Wildman–Crippen MR) is 104 cm³/mol. The fourth-order valence-corrected chi connectivity index (χ4v) is 3.12. The Labute approximate surface area is 160 Å².